The number of amides is 1. The number of benzene rings is 1. The summed E-state index contributed by atoms with van der Waals surface area (Å²) in [5.74, 6) is 0.148. The van der Waals surface area contributed by atoms with Crippen molar-refractivity contribution in [1.82, 2.24) is 10.6 Å². The molecule has 2 heterocycles. The third-order valence-electron chi connectivity index (χ3n) is 4.47. The van der Waals surface area contributed by atoms with Gasteiger partial charge >= 0.3 is 0 Å². The van der Waals surface area contributed by atoms with E-state index in [9.17, 15) is 14.3 Å². The highest BCUT2D eigenvalue weighted by atomic mass is 19.1. The topological polar surface area (TPSA) is 64.6 Å². The number of rotatable bonds is 4. The minimum atomic E-state index is -0.420. The van der Waals surface area contributed by atoms with Crippen LogP contribution in [-0.4, -0.2) is 49.3 Å². The van der Waals surface area contributed by atoms with E-state index in [-0.39, 0.29) is 17.8 Å². The third kappa shape index (κ3) is 3.56. The molecule has 6 heteroatoms. The van der Waals surface area contributed by atoms with Crippen LogP contribution < -0.4 is 15.5 Å². The van der Waals surface area contributed by atoms with Crippen LogP contribution in [0.25, 0.3) is 0 Å². The smallest absolute Gasteiger partial charge is 0.237 e. The fourth-order valence-corrected chi connectivity index (χ4v) is 3.17. The number of hydrogen-bond donors (Lipinski definition) is 3. The average Bonchev–Trinajstić information content (AvgIpc) is 3.15. The Morgan fingerprint density at radius 1 is 1.41 bits per heavy atom. The molecule has 0 bridgehead atoms. The normalized spacial score (nSPS) is 28.1. The van der Waals surface area contributed by atoms with Crippen molar-refractivity contribution in [3.8, 4) is 0 Å². The first-order valence-electron chi connectivity index (χ1n) is 7.81. The monoisotopic (exact) mass is 307 g/mol. The van der Waals surface area contributed by atoms with Crippen LogP contribution in [0.1, 0.15) is 12.8 Å². The summed E-state index contributed by atoms with van der Waals surface area (Å²) >= 11 is 0. The van der Waals surface area contributed by atoms with Crippen LogP contribution in [0.4, 0.5) is 10.1 Å². The molecule has 0 aliphatic carbocycles. The van der Waals surface area contributed by atoms with Crippen LogP contribution >= 0.6 is 0 Å². The molecule has 1 aromatic rings. The molecule has 22 heavy (non-hydrogen) atoms. The van der Waals surface area contributed by atoms with E-state index < -0.39 is 6.10 Å². The van der Waals surface area contributed by atoms with Gasteiger partial charge in [-0.15, -0.1) is 0 Å². The summed E-state index contributed by atoms with van der Waals surface area (Å²) in [6.45, 7) is 2.92. The van der Waals surface area contributed by atoms with Gasteiger partial charge in [-0.3, -0.25) is 4.79 Å². The summed E-state index contributed by atoms with van der Waals surface area (Å²) in [7, 11) is 0. The van der Waals surface area contributed by atoms with E-state index in [2.05, 4.69) is 15.5 Å². The third-order valence-corrected chi connectivity index (χ3v) is 4.47. The standard InChI is InChI=1S/C16H22FN3O2/c17-12-1-3-13(4-2-12)20-6-5-11(10-20)8-19-16(22)15-7-14(21)9-18-15/h1-4,11,14-15,18,21H,5-10H2,(H,19,22). The second kappa shape index (κ2) is 6.62. The van der Waals surface area contributed by atoms with Gasteiger partial charge in [0.15, 0.2) is 0 Å². The van der Waals surface area contributed by atoms with E-state index in [1.807, 2.05) is 0 Å². The molecular weight excluding hydrogens is 285 g/mol. The van der Waals surface area contributed by atoms with Gasteiger partial charge in [0.1, 0.15) is 5.82 Å². The predicted octanol–water partition coefficient (Wildman–Crippen LogP) is 0.491. The van der Waals surface area contributed by atoms with Crippen molar-refractivity contribution in [1.29, 1.82) is 0 Å². The molecule has 5 nitrogen and oxygen atoms in total. The molecule has 1 amide bonds. The maximum absolute atomic E-state index is 12.9. The first-order chi connectivity index (χ1) is 10.6. The van der Waals surface area contributed by atoms with Gasteiger partial charge in [0, 0.05) is 31.9 Å². The lowest BCUT2D eigenvalue weighted by Crippen LogP contribution is -2.42. The van der Waals surface area contributed by atoms with E-state index in [0.29, 0.717) is 25.4 Å². The molecule has 3 rings (SSSR count). The van der Waals surface area contributed by atoms with E-state index in [1.165, 1.54) is 12.1 Å². The number of halogens is 1. The van der Waals surface area contributed by atoms with Crippen LogP contribution in [0, 0.1) is 11.7 Å². The van der Waals surface area contributed by atoms with Gasteiger partial charge < -0.3 is 20.6 Å². The lowest BCUT2D eigenvalue weighted by atomic mass is 10.1. The highest BCUT2D eigenvalue weighted by Gasteiger charge is 2.29. The highest BCUT2D eigenvalue weighted by Crippen LogP contribution is 2.23. The lowest BCUT2D eigenvalue weighted by molar-refractivity contribution is -0.123. The minimum absolute atomic E-state index is 0.0308. The molecule has 3 atom stereocenters. The second-order valence-corrected chi connectivity index (χ2v) is 6.17. The van der Waals surface area contributed by atoms with Crippen LogP contribution in [-0.2, 0) is 4.79 Å². The maximum atomic E-state index is 12.9. The Hall–Kier alpha value is -1.66. The lowest BCUT2D eigenvalue weighted by Gasteiger charge is -2.19. The van der Waals surface area contributed by atoms with E-state index >= 15 is 0 Å². The number of nitrogens with one attached hydrogen (secondary N) is 2. The molecule has 0 spiro atoms. The van der Waals surface area contributed by atoms with E-state index in [1.54, 1.807) is 12.1 Å². The quantitative estimate of drug-likeness (QED) is 0.757. The molecule has 3 unspecified atom stereocenters. The number of β-amino-alcohol motifs (C(OH)–C–C–N with tert-alkyl or cyclic N) is 1. The number of aliphatic hydroxyl groups excluding tert-OH is 1. The van der Waals surface area contributed by atoms with Crippen molar-refractivity contribution in [2.45, 2.75) is 25.0 Å². The Morgan fingerprint density at radius 2 is 2.18 bits per heavy atom. The number of carbonyl (C=O) groups is 1. The number of nitrogens with zero attached hydrogens (tertiary/aromatic N) is 1. The van der Waals surface area contributed by atoms with Crippen LogP contribution in [0.5, 0.6) is 0 Å². The molecule has 120 valence electrons. The Bertz CT molecular complexity index is 523. The maximum Gasteiger partial charge on any atom is 0.237 e. The zero-order valence-electron chi connectivity index (χ0n) is 12.5. The summed E-state index contributed by atoms with van der Waals surface area (Å²) in [4.78, 5) is 14.2. The SMILES string of the molecule is O=C(NCC1CCN(c2ccc(F)cc2)C1)C1CC(O)CN1. The number of hydrogen-bond acceptors (Lipinski definition) is 4. The average molecular weight is 307 g/mol. The molecule has 1 aromatic carbocycles. The highest BCUT2D eigenvalue weighted by molar-refractivity contribution is 5.82. The van der Waals surface area contributed by atoms with Crippen molar-refractivity contribution >= 4 is 11.6 Å². The van der Waals surface area contributed by atoms with E-state index in [0.717, 1.165) is 25.2 Å². The summed E-state index contributed by atoms with van der Waals surface area (Å²) < 4.78 is 12.9. The summed E-state index contributed by atoms with van der Waals surface area (Å²) in [5.41, 5.74) is 1.02. The van der Waals surface area contributed by atoms with Gasteiger partial charge in [-0.25, -0.2) is 4.39 Å². The Morgan fingerprint density at radius 3 is 2.86 bits per heavy atom. The van der Waals surface area contributed by atoms with Crippen molar-refractivity contribution in [2.24, 2.45) is 5.92 Å². The molecule has 3 N–H and O–H groups in total. The minimum Gasteiger partial charge on any atom is -0.392 e. The van der Waals surface area contributed by atoms with Crippen LogP contribution in [0.15, 0.2) is 24.3 Å². The molecule has 0 aromatic heterocycles. The van der Waals surface area contributed by atoms with E-state index in [4.69, 9.17) is 0 Å². The van der Waals surface area contributed by atoms with Crippen LogP contribution in [0.2, 0.25) is 0 Å². The van der Waals surface area contributed by atoms with Gasteiger partial charge in [-0.1, -0.05) is 0 Å². The summed E-state index contributed by atoms with van der Waals surface area (Å²) in [6, 6.07) is 6.26. The van der Waals surface area contributed by atoms with Crippen molar-refractivity contribution in [3.63, 3.8) is 0 Å². The Balaban J connectivity index is 1.45. The number of anilines is 1. The summed E-state index contributed by atoms with van der Waals surface area (Å²) in [6.07, 6.45) is 1.08. The van der Waals surface area contributed by atoms with Crippen molar-refractivity contribution in [2.75, 3.05) is 31.1 Å². The van der Waals surface area contributed by atoms with Gasteiger partial charge in [0.05, 0.1) is 12.1 Å². The molecule has 2 aliphatic heterocycles. The van der Waals surface area contributed by atoms with Gasteiger partial charge in [-0.2, -0.15) is 0 Å². The van der Waals surface area contributed by atoms with Crippen molar-refractivity contribution < 1.29 is 14.3 Å². The van der Waals surface area contributed by atoms with Crippen molar-refractivity contribution in [3.05, 3.63) is 30.1 Å². The van der Waals surface area contributed by atoms with Gasteiger partial charge in [0.25, 0.3) is 0 Å². The number of aliphatic hydroxyl groups is 1. The Kier molecular flexibility index (Phi) is 4.59. The van der Waals surface area contributed by atoms with Gasteiger partial charge in [0.2, 0.25) is 5.91 Å². The predicted molar refractivity (Wildman–Crippen MR) is 82.1 cm³/mol. The largest absolute Gasteiger partial charge is 0.392 e. The fourth-order valence-electron chi connectivity index (χ4n) is 3.17. The molecule has 2 fully saturated rings. The number of carbonyl (C=O) groups excluding carboxylic acids is 1. The first kappa shape index (κ1) is 15.2. The molecular formula is C16H22FN3O2. The molecule has 0 radical (unpaired) electrons. The van der Waals surface area contributed by atoms with Crippen LogP contribution in [0.3, 0.4) is 0 Å². The second-order valence-electron chi connectivity index (χ2n) is 6.17. The zero-order valence-corrected chi connectivity index (χ0v) is 12.5. The zero-order chi connectivity index (χ0) is 15.5. The molecule has 0 saturated carbocycles. The molecule has 2 saturated heterocycles. The Labute approximate surface area is 129 Å². The summed E-state index contributed by atoms with van der Waals surface area (Å²) in [5, 5.41) is 15.4. The fraction of sp³-hybridized carbons (Fsp3) is 0.562. The van der Waals surface area contributed by atoms with Gasteiger partial charge in [-0.05, 0) is 43.0 Å². The molecule has 2 aliphatic rings. The first-order valence-corrected chi connectivity index (χ1v) is 7.81.